The number of nitrogens with one attached hydrogen (secondary N) is 2. The van der Waals surface area contributed by atoms with Gasteiger partial charge in [-0.05, 0) is 42.7 Å². The predicted octanol–water partition coefficient (Wildman–Crippen LogP) is 3.88. The van der Waals surface area contributed by atoms with E-state index in [9.17, 15) is 18.4 Å². The number of rotatable bonds is 5. The first kappa shape index (κ1) is 17.6. The van der Waals surface area contributed by atoms with Gasteiger partial charge in [0, 0.05) is 11.8 Å². The molecule has 24 heavy (non-hydrogen) atoms. The van der Waals surface area contributed by atoms with E-state index in [2.05, 4.69) is 12.2 Å². The molecule has 0 spiro atoms. The molecule has 0 radical (unpaired) electrons. The van der Waals surface area contributed by atoms with Crippen molar-refractivity contribution in [3.8, 4) is 0 Å². The van der Waals surface area contributed by atoms with Gasteiger partial charge in [-0.1, -0.05) is 25.5 Å². The molecule has 2 amide bonds. The van der Waals surface area contributed by atoms with E-state index in [0.717, 1.165) is 43.0 Å². The Morgan fingerprint density at radius 2 is 1.62 bits per heavy atom. The van der Waals surface area contributed by atoms with Crippen LogP contribution in [0.3, 0.4) is 0 Å². The van der Waals surface area contributed by atoms with Gasteiger partial charge in [-0.3, -0.25) is 9.59 Å². The molecule has 0 aromatic heterocycles. The average Bonchev–Trinajstić information content (AvgIpc) is 2.57. The standard InChI is InChI=1S/C18H18F2N2O2/c1-2-3-4-12-5-8-14(9-6-12)21-17(23)18(24)22-16-11-13(19)7-10-15(16)20/h5-11H,2-4H2,1H3,(H,21,23)(H,22,24). The van der Waals surface area contributed by atoms with Crippen molar-refractivity contribution in [2.24, 2.45) is 0 Å². The summed E-state index contributed by atoms with van der Waals surface area (Å²) in [6.45, 7) is 2.11. The number of halogens is 2. The zero-order valence-electron chi connectivity index (χ0n) is 13.2. The summed E-state index contributed by atoms with van der Waals surface area (Å²) in [6, 6.07) is 9.73. The fraction of sp³-hybridized carbons (Fsp3) is 0.222. The highest BCUT2D eigenvalue weighted by atomic mass is 19.1. The number of benzene rings is 2. The maximum atomic E-state index is 13.5. The van der Waals surface area contributed by atoms with Crippen LogP contribution in [0.4, 0.5) is 20.2 Å². The second kappa shape index (κ2) is 8.19. The second-order valence-electron chi connectivity index (χ2n) is 5.33. The summed E-state index contributed by atoms with van der Waals surface area (Å²) >= 11 is 0. The summed E-state index contributed by atoms with van der Waals surface area (Å²) in [7, 11) is 0. The van der Waals surface area contributed by atoms with E-state index >= 15 is 0 Å². The molecule has 0 saturated carbocycles. The Kier molecular flexibility index (Phi) is 6.01. The molecule has 0 aliphatic heterocycles. The highest BCUT2D eigenvalue weighted by Gasteiger charge is 2.16. The molecule has 0 atom stereocenters. The minimum atomic E-state index is -1.07. The minimum absolute atomic E-state index is 0.384. The smallest absolute Gasteiger partial charge is 0.314 e. The Bertz CT molecular complexity index is 730. The van der Waals surface area contributed by atoms with Crippen LogP contribution in [-0.2, 0) is 16.0 Å². The summed E-state index contributed by atoms with van der Waals surface area (Å²) in [5, 5.41) is 4.46. The molecule has 0 unspecified atom stereocenters. The van der Waals surface area contributed by atoms with Crippen molar-refractivity contribution in [3.05, 3.63) is 59.7 Å². The molecule has 0 bridgehead atoms. The number of hydrogen-bond donors (Lipinski definition) is 2. The maximum Gasteiger partial charge on any atom is 0.314 e. The number of carbonyl (C=O) groups is 2. The number of aryl methyl sites for hydroxylation is 1. The van der Waals surface area contributed by atoms with Crippen LogP contribution in [0.15, 0.2) is 42.5 Å². The van der Waals surface area contributed by atoms with Gasteiger partial charge in [0.2, 0.25) is 0 Å². The molecule has 0 saturated heterocycles. The third-order valence-corrected chi connectivity index (χ3v) is 3.41. The molecule has 4 nitrogen and oxygen atoms in total. The number of amides is 2. The Morgan fingerprint density at radius 1 is 0.958 bits per heavy atom. The number of anilines is 2. The predicted molar refractivity (Wildman–Crippen MR) is 88.7 cm³/mol. The van der Waals surface area contributed by atoms with Crippen LogP contribution in [0.25, 0.3) is 0 Å². The lowest BCUT2D eigenvalue weighted by Gasteiger charge is -2.08. The Morgan fingerprint density at radius 3 is 2.29 bits per heavy atom. The molecule has 2 aromatic rings. The third kappa shape index (κ3) is 4.87. The lowest BCUT2D eigenvalue weighted by atomic mass is 10.1. The van der Waals surface area contributed by atoms with Gasteiger partial charge < -0.3 is 10.6 Å². The van der Waals surface area contributed by atoms with Gasteiger partial charge in [-0.25, -0.2) is 8.78 Å². The van der Waals surface area contributed by atoms with E-state index < -0.39 is 23.4 Å². The highest BCUT2D eigenvalue weighted by molar-refractivity contribution is 6.43. The summed E-state index contributed by atoms with van der Waals surface area (Å²) < 4.78 is 26.5. The van der Waals surface area contributed by atoms with E-state index in [1.807, 2.05) is 17.4 Å². The molecule has 0 fully saturated rings. The van der Waals surface area contributed by atoms with Gasteiger partial charge in [0.05, 0.1) is 5.69 Å². The van der Waals surface area contributed by atoms with Crippen molar-refractivity contribution < 1.29 is 18.4 Å². The van der Waals surface area contributed by atoms with E-state index in [1.165, 1.54) is 0 Å². The van der Waals surface area contributed by atoms with Crippen LogP contribution in [0.5, 0.6) is 0 Å². The molecule has 0 aliphatic rings. The first-order chi connectivity index (χ1) is 11.5. The monoisotopic (exact) mass is 332 g/mol. The average molecular weight is 332 g/mol. The van der Waals surface area contributed by atoms with Crippen molar-refractivity contribution in [2.75, 3.05) is 10.6 Å². The summed E-state index contributed by atoms with van der Waals surface area (Å²) in [4.78, 5) is 23.6. The van der Waals surface area contributed by atoms with Crippen LogP contribution in [0.2, 0.25) is 0 Å². The molecule has 0 heterocycles. The second-order valence-corrected chi connectivity index (χ2v) is 5.33. The zero-order chi connectivity index (χ0) is 17.5. The molecule has 0 aliphatic carbocycles. The molecule has 2 rings (SSSR count). The maximum absolute atomic E-state index is 13.5. The number of hydrogen-bond acceptors (Lipinski definition) is 2. The van der Waals surface area contributed by atoms with E-state index in [0.29, 0.717) is 5.69 Å². The Hall–Kier alpha value is -2.76. The third-order valence-electron chi connectivity index (χ3n) is 3.41. The molecule has 126 valence electrons. The van der Waals surface area contributed by atoms with Crippen molar-refractivity contribution >= 4 is 23.2 Å². The summed E-state index contributed by atoms with van der Waals surface area (Å²) in [6.07, 6.45) is 3.12. The topological polar surface area (TPSA) is 58.2 Å². The van der Waals surface area contributed by atoms with Gasteiger partial charge >= 0.3 is 11.8 Å². The quantitative estimate of drug-likeness (QED) is 0.816. The van der Waals surface area contributed by atoms with Gasteiger partial charge in [0.1, 0.15) is 11.6 Å². The normalized spacial score (nSPS) is 10.3. The van der Waals surface area contributed by atoms with Crippen LogP contribution < -0.4 is 10.6 Å². The Balaban J connectivity index is 1.96. The van der Waals surface area contributed by atoms with Gasteiger partial charge in [-0.15, -0.1) is 0 Å². The van der Waals surface area contributed by atoms with Gasteiger partial charge in [0.15, 0.2) is 0 Å². The SMILES string of the molecule is CCCCc1ccc(NC(=O)C(=O)Nc2cc(F)ccc2F)cc1. The number of carbonyl (C=O) groups excluding carboxylic acids is 2. The first-order valence-corrected chi connectivity index (χ1v) is 7.66. The van der Waals surface area contributed by atoms with E-state index in [-0.39, 0.29) is 5.69 Å². The molecular formula is C18H18F2N2O2. The van der Waals surface area contributed by atoms with E-state index in [1.54, 1.807) is 12.1 Å². The minimum Gasteiger partial charge on any atom is -0.318 e. The fourth-order valence-electron chi connectivity index (χ4n) is 2.10. The Labute approximate surface area is 138 Å². The number of unbranched alkanes of at least 4 members (excludes halogenated alkanes) is 1. The van der Waals surface area contributed by atoms with Crippen LogP contribution in [0.1, 0.15) is 25.3 Å². The van der Waals surface area contributed by atoms with Crippen molar-refractivity contribution in [1.82, 2.24) is 0 Å². The lowest BCUT2D eigenvalue weighted by molar-refractivity contribution is -0.133. The zero-order valence-corrected chi connectivity index (χ0v) is 13.2. The highest BCUT2D eigenvalue weighted by Crippen LogP contribution is 2.16. The van der Waals surface area contributed by atoms with Crippen LogP contribution >= 0.6 is 0 Å². The summed E-state index contributed by atoms with van der Waals surface area (Å²) in [5.74, 6) is -3.57. The van der Waals surface area contributed by atoms with Crippen molar-refractivity contribution in [1.29, 1.82) is 0 Å². The van der Waals surface area contributed by atoms with Gasteiger partial charge in [0.25, 0.3) is 0 Å². The molecule has 2 aromatic carbocycles. The molecular weight excluding hydrogens is 314 g/mol. The molecule has 6 heteroatoms. The summed E-state index contributed by atoms with van der Waals surface area (Å²) in [5.41, 5.74) is 1.21. The van der Waals surface area contributed by atoms with Gasteiger partial charge in [-0.2, -0.15) is 0 Å². The first-order valence-electron chi connectivity index (χ1n) is 7.66. The van der Waals surface area contributed by atoms with E-state index in [4.69, 9.17) is 0 Å². The molecule has 2 N–H and O–H groups in total. The fourth-order valence-corrected chi connectivity index (χ4v) is 2.10. The van der Waals surface area contributed by atoms with Crippen LogP contribution in [-0.4, -0.2) is 11.8 Å². The van der Waals surface area contributed by atoms with Crippen molar-refractivity contribution in [2.45, 2.75) is 26.2 Å². The van der Waals surface area contributed by atoms with Crippen molar-refractivity contribution in [3.63, 3.8) is 0 Å². The largest absolute Gasteiger partial charge is 0.318 e. The van der Waals surface area contributed by atoms with Crippen LogP contribution in [0, 0.1) is 11.6 Å². The lowest BCUT2D eigenvalue weighted by Crippen LogP contribution is -2.29.